The third-order valence-electron chi connectivity index (χ3n) is 3.42. The van der Waals surface area contributed by atoms with Gasteiger partial charge in [-0.15, -0.1) is 0 Å². The van der Waals surface area contributed by atoms with Crippen LogP contribution in [0.15, 0.2) is 17.2 Å². The quantitative estimate of drug-likeness (QED) is 0.119. The van der Waals surface area contributed by atoms with E-state index in [-0.39, 0.29) is 18.9 Å². The van der Waals surface area contributed by atoms with Crippen LogP contribution >= 0.6 is 0 Å². The lowest BCUT2D eigenvalue weighted by Crippen LogP contribution is -2.14. The number of nitrogens with zero attached hydrogens (tertiary/aromatic N) is 4. The summed E-state index contributed by atoms with van der Waals surface area (Å²) in [7, 11) is 1.25. The number of esters is 1. The molecule has 0 aromatic carbocycles. The van der Waals surface area contributed by atoms with Crippen LogP contribution in [-0.2, 0) is 30.3 Å². The summed E-state index contributed by atoms with van der Waals surface area (Å²) in [6.45, 7) is 3.54. The first kappa shape index (κ1) is 25.6. The molecule has 0 amide bonds. The lowest BCUT2D eigenvalue weighted by Gasteiger charge is -2.10. The van der Waals surface area contributed by atoms with Crippen molar-refractivity contribution in [3.63, 3.8) is 0 Å². The van der Waals surface area contributed by atoms with Crippen LogP contribution in [0.4, 0.5) is 0 Å². The topological polar surface area (TPSA) is 154 Å². The summed E-state index contributed by atoms with van der Waals surface area (Å²) in [4.78, 5) is 18.2. The highest BCUT2D eigenvalue weighted by molar-refractivity contribution is 5.87. The summed E-state index contributed by atoms with van der Waals surface area (Å²) in [6.07, 6.45) is 0. The molecule has 1 rings (SSSR count). The van der Waals surface area contributed by atoms with Gasteiger partial charge in [-0.05, 0) is 5.53 Å². The molecule has 0 saturated carbocycles. The standard InChI is InChI=1S/C18H28N4O8/c1-25-18(24)17-13-16(12-15(14-23)21-17)30-11-10-29-9-8-28-7-6-27-5-4-26-3-2-20-22-19/h12-13,23H,2-11,14H2,1H3. The first-order chi connectivity index (χ1) is 14.7. The van der Waals surface area contributed by atoms with E-state index in [0.717, 1.165) is 0 Å². The third-order valence-corrected chi connectivity index (χ3v) is 3.42. The Bertz CT molecular complexity index is 655. The Morgan fingerprint density at radius 3 is 2.10 bits per heavy atom. The maximum Gasteiger partial charge on any atom is 0.356 e. The predicted octanol–water partition coefficient (Wildman–Crippen LogP) is 1.12. The van der Waals surface area contributed by atoms with E-state index in [1.807, 2.05) is 0 Å². The molecule has 0 aliphatic rings. The van der Waals surface area contributed by atoms with Gasteiger partial charge in [0.15, 0.2) is 5.69 Å². The number of carbonyl (C=O) groups is 1. The molecule has 0 radical (unpaired) electrons. The van der Waals surface area contributed by atoms with Gasteiger partial charge in [0.05, 0.1) is 72.3 Å². The number of hydrogen-bond acceptors (Lipinski definition) is 10. The van der Waals surface area contributed by atoms with Gasteiger partial charge in [-0.25, -0.2) is 9.78 Å². The number of azide groups is 1. The molecule has 1 aromatic rings. The first-order valence-electron chi connectivity index (χ1n) is 9.36. The van der Waals surface area contributed by atoms with E-state index in [4.69, 9.17) is 29.2 Å². The van der Waals surface area contributed by atoms with Crippen molar-refractivity contribution in [1.29, 1.82) is 0 Å². The summed E-state index contributed by atoms with van der Waals surface area (Å²) in [5.74, 6) is -0.210. The van der Waals surface area contributed by atoms with Crippen molar-refractivity contribution >= 4 is 5.97 Å². The molecule has 0 aliphatic carbocycles. The summed E-state index contributed by atoms with van der Waals surface area (Å²) in [6, 6.07) is 2.99. The van der Waals surface area contributed by atoms with Gasteiger partial charge in [0.25, 0.3) is 0 Å². The minimum atomic E-state index is -0.606. The number of methoxy groups -OCH3 is 1. The van der Waals surface area contributed by atoms with Gasteiger partial charge >= 0.3 is 5.97 Å². The van der Waals surface area contributed by atoms with Crippen LogP contribution in [-0.4, -0.2) is 89.2 Å². The van der Waals surface area contributed by atoms with Crippen molar-refractivity contribution in [2.75, 3.05) is 73.1 Å². The Morgan fingerprint density at radius 2 is 1.57 bits per heavy atom. The molecule has 0 spiro atoms. The lowest BCUT2D eigenvalue weighted by molar-refractivity contribution is -0.00387. The Labute approximate surface area is 174 Å². The largest absolute Gasteiger partial charge is 0.491 e. The number of hydrogen-bond donors (Lipinski definition) is 1. The van der Waals surface area contributed by atoms with Crippen LogP contribution < -0.4 is 4.74 Å². The van der Waals surface area contributed by atoms with Crippen molar-refractivity contribution < 1.29 is 38.3 Å². The SMILES string of the molecule is COC(=O)c1cc(OCCOCCOCCOCCOCCN=[N+]=[N-])cc(CO)n1. The maximum atomic E-state index is 11.6. The Kier molecular flexibility index (Phi) is 14.8. The minimum absolute atomic E-state index is 0.0651. The van der Waals surface area contributed by atoms with Crippen molar-refractivity contribution in [2.45, 2.75) is 6.61 Å². The van der Waals surface area contributed by atoms with Crippen LogP contribution in [0.2, 0.25) is 0 Å². The summed E-state index contributed by atoms with van der Waals surface area (Å²) in [5.41, 5.74) is 8.47. The molecule has 168 valence electrons. The number of aliphatic hydroxyl groups excluding tert-OH is 1. The molecule has 1 aromatic heterocycles. The molecule has 1 N–H and O–H groups in total. The monoisotopic (exact) mass is 428 g/mol. The summed E-state index contributed by atoms with van der Waals surface area (Å²) >= 11 is 0. The van der Waals surface area contributed by atoms with E-state index in [0.29, 0.717) is 70.8 Å². The molecule has 12 heteroatoms. The number of ether oxygens (including phenoxy) is 6. The Morgan fingerprint density at radius 1 is 1.00 bits per heavy atom. The van der Waals surface area contributed by atoms with Crippen LogP contribution in [0.1, 0.15) is 16.2 Å². The fourth-order valence-corrected chi connectivity index (χ4v) is 2.06. The van der Waals surface area contributed by atoms with Crippen molar-refractivity contribution in [1.82, 2.24) is 4.98 Å². The zero-order valence-corrected chi connectivity index (χ0v) is 17.0. The van der Waals surface area contributed by atoms with E-state index in [1.54, 1.807) is 6.07 Å². The highest BCUT2D eigenvalue weighted by Gasteiger charge is 2.11. The molecule has 0 bridgehead atoms. The van der Waals surface area contributed by atoms with Gasteiger partial charge in [-0.1, -0.05) is 5.11 Å². The number of aliphatic hydroxyl groups is 1. The predicted molar refractivity (Wildman–Crippen MR) is 104 cm³/mol. The van der Waals surface area contributed by atoms with E-state index in [1.165, 1.54) is 13.2 Å². The molecule has 0 unspecified atom stereocenters. The van der Waals surface area contributed by atoms with Crippen LogP contribution in [0.25, 0.3) is 10.4 Å². The van der Waals surface area contributed by atoms with Gasteiger partial charge in [-0.2, -0.15) is 0 Å². The molecule has 0 atom stereocenters. The average molecular weight is 428 g/mol. The average Bonchev–Trinajstić information content (AvgIpc) is 2.77. The van der Waals surface area contributed by atoms with Crippen molar-refractivity contribution in [3.8, 4) is 5.75 Å². The summed E-state index contributed by atoms with van der Waals surface area (Å²) < 4.78 is 31.4. The summed E-state index contributed by atoms with van der Waals surface area (Å²) in [5, 5.41) is 12.6. The normalized spacial score (nSPS) is 10.5. The second-order valence-corrected chi connectivity index (χ2v) is 5.58. The van der Waals surface area contributed by atoms with Gasteiger partial charge in [0.2, 0.25) is 0 Å². The number of carbonyl (C=O) groups excluding carboxylic acids is 1. The molecular formula is C18H28N4O8. The molecule has 12 nitrogen and oxygen atoms in total. The fraction of sp³-hybridized carbons (Fsp3) is 0.667. The number of pyridine rings is 1. The molecule has 0 aliphatic heterocycles. The van der Waals surface area contributed by atoms with E-state index >= 15 is 0 Å². The molecular weight excluding hydrogens is 400 g/mol. The minimum Gasteiger partial charge on any atom is -0.491 e. The number of rotatable bonds is 18. The highest BCUT2D eigenvalue weighted by atomic mass is 16.6. The third kappa shape index (κ3) is 12.2. The second-order valence-electron chi connectivity index (χ2n) is 5.58. The van der Waals surface area contributed by atoms with Gasteiger partial charge in [0.1, 0.15) is 12.4 Å². The Hall–Kier alpha value is -2.47. The maximum absolute atomic E-state index is 11.6. The second kappa shape index (κ2) is 17.4. The Balaban J connectivity index is 2.00. The van der Waals surface area contributed by atoms with E-state index in [2.05, 4.69) is 19.7 Å². The van der Waals surface area contributed by atoms with Gasteiger partial charge < -0.3 is 33.5 Å². The first-order valence-corrected chi connectivity index (χ1v) is 9.36. The zero-order chi connectivity index (χ0) is 21.9. The van der Waals surface area contributed by atoms with Crippen molar-refractivity contribution in [2.24, 2.45) is 5.11 Å². The zero-order valence-electron chi connectivity index (χ0n) is 17.0. The van der Waals surface area contributed by atoms with Crippen LogP contribution in [0, 0.1) is 0 Å². The van der Waals surface area contributed by atoms with Gasteiger partial charge in [-0.3, -0.25) is 0 Å². The smallest absolute Gasteiger partial charge is 0.356 e. The molecule has 0 saturated heterocycles. The fourth-order valence-electron chi connectivity index (χ4n) is 2.06. The van der Waals surface area contributed by atoms with Crippen molar-refractivity contribution in [3.05, 3.63) is 34.0 Å². The molecule has 0 fully saturated rings. The lowest BCUT2D eigenvalue weighted by atomic mass is 10.3. The molecule has 1 heterocycles. The van der Waals surface area contributed by atoms with E-state index in [9.17, 15) is 9.90 Å². The van der Waals surface area contributed by atoms with Crippen LogP contribution in [0.3, 0.4) is 0 Å². The van der Waals surface area contributed by atoms with E-state index < -0.39 is 5.97 Å². The highest BCUT2D eigenvalue weighted by Crippen LogP contribution is 2.15. The molecule has 30 heavy (non-hydrogen) atoms. The van der Waals surface area contributed by atoms with Gasteiger partial charge in [0, 0.05) is 23.6 Å². The van der Waals surface area contributed by atoms with Crippen LogP contribution in [0.5, 0.6) is 5.75 Å². The number of aromatic nitrogens is 1.